The third-order valence-electron chi connectivity index (χ3n) is 3.30. The van der Waals surface area contributed by atoms with Crippen molar-refractivity contribution in [3.63, 3.8) is 0 Å². The molecule has 0 bridgehead atoms. The topological polar surface area (TPSA) is 118 Å². The van der Waals surface area contributed by atoms with Crippen molar-refractivity contribution < 1.29 is 19.4 Å². The van der Waals surface area contributed by atoms with E-state index in [1.807, 2.05) is 12.1 Å². The molecule has 1 fully saturated rings. The lowest BCUT2D eigenvalue weighted by Crippen LogP contribution is -2.72. The number of hydrogen-bond donors (Lipinski definition) is 1. The third-order valence-corrected chi connectivity index (χ3v) is 3.30. The molecule has 8 nitrogen and oxygen atoms in total. The monoisotopic (exact) mass is 308 g/mol. The van der Waals surface area contributed by atoms with Gasteiger partial charge < -0.3 is 14.7 Å². The van der Waals surface area contributed by atoms with E-state index in [2.05, 4.69) is 0 Å². The fraction of sp³-hybridized carbons (Fsp3) is 0.714. The van der Waals surface area contributed by atoms with E-state index in [1.54, 1.807) is 20.8 Å². The van der Waals surface area contributed by atoms with Gasteiger partial charge in [0.05, 0.1) is 37.2 Å². The second-order valence-corrected chi connectivity index (χ2v) is 6.30. The molecule has 0 aromatic heterocycles. The summed E-state index contributed by atoms with van der Waals surface area (Å²) in [4.78, 5) is 25.9. The number of carboxylic acid groups (broad SMARTS) is 1. The van der Waals surface area contributed by atoms with Gasteiger partial charge in [0.2, 0.25) is 0 Å². The van der Waals surface area contributed by atoms with E-state index >= 15 is 0 Å². The number of ether oxygens (including phenoxy) is 1. The average Bonchev–Trinajstić information content (AvgIpc) is 2.30. The maximum Gasteiger partial charge on any atom is 0.410 e. The van der Waals surface area contributed by atoms with Gasteiger partial charge in [-0.25, -0.2) is 4.79 Å². The Hall–Kier alpha value is -2.32. The minimum Gasteiger partial charge on any atom is -0.481 e. The van der Waals surface area contributed by atoms with Gasteiger partial charge in [-0.15, -0.1) is 0 Å². The fourth-order valence-corrected chi connectivity index (χ4v) is 2.39. The number of carbonyl (C=O) groups is 2. The first-order valence-corrected chi connectivity index (χ1v) is 6.82. The number of amides is 1. The fourth-order valence-electron chi connectivity index (χ4n) is 2.39. The second kappa shape index (κ2) is 6.63. The molecule has 1 aliphatic rings. The molecular weight excluding hydrogens is 288 g/mol. The summed E-state index contributed by atoms with van der Waals surface area (Å²) in [6, 6.07) is 3.86. The largest absolute Gasteiger partial charge is 0.481 e. The highest BCUT2D eigenvalue weighted by Gasteiger charge is 2.51. The number of hydrogen-bond acceptors (Lipinski definition) is 6. The van der Waals surface area contributed by atoms with Crippen molar-refractivity contribution in [2.24, 2.45) is 0 Å². The van der Waals surface area contributed by atoms with Crippen LogP contribution in [0.3, 0.4) is 0 Å². The van der Waals surface area contributed by atoms with Crippen molar-refractivity contribution in [3.8, 4) is 12.1 Å². The van der Waals surface area contributed by atoms with Gasteiger partial charge in [-0.1, -0.05) is 0 Å². The molecule has 0 saturated carbocycles. The lowest BCUT2D eigenvalue weighted by molar-refractivity contribution is -0.145. The SMILES string of the molecule is CC(C)(C)OC(=O)N1CC(CC(=O)O)(N(CC#N)CC#N)C1. The van der Waals surface area contributed by atoms with Crippen molar-refractivity contribution in [3.05, 3.63) is 0 Å². The first-order chi connectivity index (χ1) is 10.1. The van der Waals surface area contributed by atoms with Crippen LogP contribution in [0.4, 0.5) is 4.79 Å². The summed E-state index contributed by atoms with van der Waals surface area (Å²) < 4.78 is 5.23. The minimum atomic E-state index is -1.04. The highest BCUT2D eigenvalue weighted by atomic mass is 16.6. The predicted octanol–water partition coefficient (Wildman–Crippen LogP) is 0.800. The third kappa shape index (κ3) is 4.34. The van der Waals surface area contributed by atoms with Gasteiger partial charge in [0.1, 0.15) is 5.60 Å². The summed E-state index contributed by atoms with van der Waals surface area (Å²) in [6.45, 7) is 5.34. The van der Waals surface area contributed by atoms with Crippen LogP contribution in [0, 0.1) is 22.7 Å². The summed E-state index contributed by atoms with van der Waals surface area (Å²) in [5.41, 5.74) is -1.53. The maximum absolute atomic E-state index is 12.0. The molecule has 22 heavy (non-hydrogen) atoms. The van der Waals surface area contributed by atoms with Crippen LogP contribution >= 0.6 is 0 Å². The van der Waals surface area contributed by atoms with Crippen LogP contribution in [0.2, 0.25) is 0 Å². The van der Waals surface area contributed by atoms with Crippen LogP contribution in [0.25, 0.3) is 0 Å². The molecule has 0 radical (unpaired) electrons. The van der Waals surface area contributed by atoms with Crippen molar-refractivity contribution in [1.82, 2.24) is 9.80 Å². The van der Waals surface area contributed by atoms with Gasteiger partial charge in [0.25, 0.3) is 0 Å². The highest BCUT2D eigenvalue weighted by Crippen LogP contribution is 2.32. The molecule has 1 amide bonds. The average molecular weight is 308 g/mol. The van der Waals surface area contributed by atoms with Crippen LogP contribution < -0.4 is 0 Å². The van der Waals surface area contributed by atoms with Gasteiger partial charge in [0, 0.05) is 13.1 Å². The van der Waals surface area contributed by atoms with Gasteiger partial charge in [0.15, 0.2) is 0 Å². The van der Waals surface area contributed by atoms with E-state index in [-0.39, 0.29) is 32.6 Å². The van der Waals surface area contributed by atoms with Crippen molar-refractivity contribution in [1.29, 1.82) is 10.5 Å². The van der Waals surface area contributed by atoms with Crippen LogP contribution in [0.15, 0.2) is 0 Å². The molecule has 1 aliphatic heterocycles. The Morgan fingerprint density at radius 1 is 1.27 bits per heavy atom. The lowest BCUT2D eigenvalue weighted by Gasteiger charge is -2.53. The smallest absolute Gasteiger partial charge is 0.410 e. The first kappa shape index (κ1) is 17.7. The molecule has 1 rings (SSSR count). The number of rotatable bonds is 5. The van der Waals surface area contributed by atoms with Gasteiger partial charge in [-0.2, -0.15) is 10.5 Å². The van der Waals surface area contributed by atoms with E-state index in [9.17, 15) is 9.59 Å². The van der Waals surface area contributed by atoms with Crippen LogP contribution in [0.5, 0.6) is 0 Å². The van der Waals surface area contributed by atoms with Gasteiger partial charge in [-0.05, 0) is 20.8 Å². The number of aliphatic carboxylic acids is 1. The minimum absolute atomic E-state index is 0.0665. The van der Waals surface area contributed by atoms with E-state index in [0.717, 1.165) is 0 Å². The van der Waals surface area contributed by atoms with Crippen molar-refractivity contribution in [2.45, 2.75) is 38.3 Å². The molecule has 0 aliphatic carbocycles. The first-order valence-electron chi connectivity index (χ1n) is 6.82. The summed E-state index contributed by atoms with van der Waals surface area (Å²) in [6.07, 6.45) is -0.766. The van der Waals surface area contributed by atoms with Gasteiger partial charge >= 0.3 is 12.1 Å². The maximum atomic E-state index is 12.0. The van der Waals surface area contributed by atoms with Crippen LogP contribution in [0.1, 0.15) is 27.2 Å². The Morgan fingerprint density at radius 3 is 2.14 bits per heavy atom. The molecule has 1 heterocycles. The molecule has 8 heteroatoms. The number of nitrogens with zero attached hydrogens (tertiary/aromatic N) is 4. The summed E-state index contributed by atoms with van der Waals surface area (Å²) in [7, 11) is 0. The number of likely N-dealkylation sites (tertiary alicyclic amines) is 1. The molecular formula is C14H20N4O4. The second-order valence-electron chi connectivity index (χ2n) is 6.30. The molecule has 0 unspecified atom stereocenters. The highest BCUT2D eigenvalue weighted by molar-refractivity contribution is 5.73. The standard InChI is InChI=1S/C14H20N4O4/c1-13(2,3)22-12(21)17-9-14(10-17,8-11(19)20)18(6-4-15)7-5-16/h6-10H2,1-3H3,(H,19,20). The Bertz CT molecular complexity index is 504. The Labute approximate surface area is 129 Å². The zero-order valence-electron chi connectivity index (χ0n) is 13.0. The molecule has 0 aromatic carbocycles. The Balaban J connectivity index is 2.83. The molecule has 1 saturated heterocycles. The number of nitriles is 2. The summed E-state index contributed by atoms with van der Waals surface area (Å²) >= 11 is 0. The van der Waals surface area contributed by atoms with E-state index in [4.69, 9.17) is 20.4 Å². The Morgan fingerprint density at radius 2 is 1.77 bits per heavy atom. The van der Waals surface area contributed by atoms with E-state index < -0.39 is 23.2 Å². The molecule has 1 N–H and O–H groups in total. The molecule has 120 valence electrons. The van der Waals surface area contributed by atoms with E-state index in [1.165, 1.54) is 9.80 Å². The quantitative estimate of drug-likeness (QED) is 0.746. The normalized spacial score (nSPS) is 16.4. The number of carboxylic acids is 1. The zero-order valence-corrected chi connectivity index (χ0v) is 13.0. The Kier molecular flexibility index (Phi) is 5.34. The van der Waals surface area contributed by atoms with Crippen LogP contribution in [-0.2, 0) is 9.53 Å². The molecule has 0 atom stereocenters. The van der Waals surface area contributed by atoms with Gasteiger partial charge in [-0.3, -0.25) is 9.69 Å². The predicted molar refractivity (Wildman–Crippen MR) is 75.6 cm³/mol. The number of carbonyl (C=O) groups excluding carboxylic acids is 1. The van der Waals surface area contributed by atoms with Crippen LogP contribution in [-0.4, -0.2) is 64.3 Å². The lowest BCUT2D eigenvalue weighted by atomic mass is 9.84. The molecule has 0 spiro atoms. The van der Waals surface area contributed by atoms with Crippen molar-refractivity contribution in [2.75, 3.05) is 26.2 Å². The summed E-state index contributed by atoms with van der Waals surface area (Å²) in [5, 5.41) is 26.8. The summed E-state index contributed by atoms with van der Waals surface area (Å²) in [5.74, 6) is -1.04. The van der Waals surface area contributed by atoms with Crippen molar-refractivity contribution >= 4 is 12.1 Å². The van der Waals surface area contributed by atoms with E-state index in [0.29, 0.717) is 0 Å². The molecule has 0 aromatic rings. The zero-order chi connectivity index (χ0) is 17.0.